The summed E-state index contributed by atoms with van der Waals surface area (Å²) in [6, 6.07) is 0. The summed E-state index contributed by atoms with van der Waals surface area (Å²) in [7, 11) is 0. The lowest BCUT2D eigenvalue weighted by molar-refractivity contribution is 0.0874. The van der Waals surface area contributed by atoms with E-state index in [1.165, 1.54) is 45.3 Å². The Morgan fingerprint density at radius 2 is 2.37 bits per heavy atom. The number of nitrogens with zero attached hydrogens (tertiary/aromatic N) is 4. The molecule has 1 saturated heterocycles. The molecule has 0 aliphatic carbocycles. The predicted octanol–water partition coefficient (Wildman–Crippen LogP) is 1.26. The molecule has 2 aliphatic heterocycles. The zero-order chi connectivity index (χ0) is 13.1. The highest BCUT2D eigenvalue weighted by Crippen LogP contribution is 2.33. The van der Waals surface area contributed by atoms with E-state index in [1.807, 2.05) is 6.33 Å². The molecule has 3 rings (SSSR count). The molecule has 5 nitrogen and oxygen atoms in total. The zero-order valence-electron chi connectivity index (χ0n) is 11.9. The van der Waals surface area contributed by atoms with Crippen molar-refractivity contribution in [2.45, 2.75) is 45.7 Å². The van der Waals surface area contributed by atoms with Crippen LogP contribution in [0.2, 0.25) is 0 Å². The van der Waals surface area contributed by atoms with Crippen LogP contribution in [-0.2, 0) is 13.1 Å². The second-order valence-corrected chi connectivity index (χ2v) is 6.18. The molecule has 1 unspecified atom stereocenters. The van der Waals surface area contributed by atoms with Crippen molar-refractivity contribution in [3.05, 3.63) is 12.2 Å². The van der Waals surface area contributed by atoms with Gasteiger partial charge in [0.25, 0.3) is 0 Å². The van der Waals surface area contributed by atoms with E-state index in [1.54, 1.807) is 0 Å². The SMILES string of the molecule is CCCC1(CN2CCn3cnnc3C2)CCCNC1. The Morgan fingerprint density at radius 3 is 3.16 bits per heavy atom. The van der Waals surface area contributed by atoms with Crippen molar-refractivity contribution in [3.8, 4) is 0 Å². The highest BCUT2D eigenvalue weighted by molar-refractivity contribution is 4.94. The van der Waals surface area contributed by atoms with E-state index >= 15 is 0 Å². The molecule has 106 valence electrons. The van der Waals surface area contributed by atoms with E-state index in [9.17, 15) is 0 Å². The van der Waals surface area contributed by atoms with Gasteiger partial charge in [-0.2, -0.15) is 0 Å². The lowest BCUT2D eigenvalue weighted by atomic mass is 9.76. The molecule has 3 heterocycles. The van der Waals surface area contributed by atoms with E-state index in [2.05, 4.69) is 31.9 Å². The molecule has 0 radical (unpaired) electrons. The van der Waals surface area contributed by atoms with E-state index in [0.717, 1.165) is 25.5 Å². The van der Waals surface area contributed by atoms with Crippen LogP contribution in [0.25, 0.3) is 0 Å². The largest absolute Gasteiger partial charge is 0.316 e. The maximum absolute atomic E-state index is 4.22. The first-order valence-corrected chi connectivity index (χ1v) is 7.61. The third-order valence-electron chi connectivity index (χ3n) is 4.62. The van der Waals surface area contributed by atoms with Gasteiger partial charge in [-0.1, -0.05) is 13.3 Å². The lowest BCUT2D eigenvalue weighted by Crippen LogP contribution is -2.49. The molecule has 19 heavy (non-hydrogen) atoms. The highest BCUT2D eigenvalue weighted by Gasteiger charge is 2.34. The number of aromatic nitrogens is 3. The Hall–Kier alpha value is -0.940. The van der Waals surface area contributed by atoms with Gasteiger partial charge in [-0.3, -0.25) is 4.90 Å². The molecule has 1 fully saturated rings. The van der Waals surface area contributed by atoms with Crippen LogP contribution in [-0.4, -0.2) is 45.8 Å². The van der Waals surface area contributed by atoms with Gasteiger partial charge >= 0.3 is 0 Å². The normalized spacial score (nSPS) is 28.3. The minimum Gasteiger partial charge on any atom is -0.316 e. The summed E-state index contributed by atoms with van der Waals surface area (Å²) in [5.41, 5.74) is 0.481. The summed E-state index contributed by atoms with van der Waals surface area (Å²) >= 11 is 0. The third kappa shape index (κ3) is 2.82. The van der Waals surface area contributed by atoms with Gasteiger partial charge in [0.2, 0.25) is 0 Å². The first-order valence-electron chi connectivity index (χ1n) is 7.61. The Labute approximate surface area is 115 Å². The topological polar surface area (TPSA) is 46.0 Å². The van der Waals surface area contributed by atoms with Gasteiger partial charge in [0.05, 0.1) is 6.54 Å². The molecule has 0 bridgehead atoms. The number of hydrogen-bond donors (Lipinski definition) is 1. The molecule has 0 spiro atoms. The van der Waals surface area contributed by atoms with Crippen LogP contribution in [0.5, 0.6) is 0 Å². The van der Waals surface area contributed by atoms with Gasteiger partial charge in [-0.15, -0.1) is 10.2 Å². The molecule has 1 atom stereocenters. The molecule has 1 aromatic heterocycles. The minimum absolute atomic E-state index is 0.481. The van der Waals surface area contributed by atoms with Gasteiger partial charge in [0.1, 0.15) is 12.2 Å². The van der Waals surface area contributed by atoms with Crippen LogP contribution in [0.3, 0.4) is 0 Å². The minimum atomic E-state index is 0.481. The van der Waals surface area contributed by atoms with Gasteiger partial charge in [0.15, 0.2) is 0 Å². The van der Waals surface area contributed by atoms with Gasteiger partial charge in [-0.05, 0) is 31.2 Å². The van der Waals surface area contributed by atoms with E-state index in [0.29, 0.717) is 5.41 Å². The molecule has 5 heteroatoms. The highest BCUT2D eigenvalue weighted by atomic mass is 15.3. The third-order valence-corrected chi connectivity index (χ3v) is 4.62. The standard InChI is InChI=1S/C14H25N5/c1-2-4-14(5-3-6-15-10-14)11-18-7-8-19-12-16-17-13(19)9-18/h12,15H,2-11H2,1H3. The first kappa shape index (κ1) is 13.1. The Morgan fingerprint density at radius 1 is 1.42 bits per heavy atom. The van der Waals surface area contributed by atoms with E-state index in [-0.39, 0.29) is 0 Å². The van der Waals surface area contributed by atoms with Gasteiger partial charge in [-0.25, -0.2) is 0 Å². The molecule has 2 aliphatic rings. The van der Waals surface area contributed by atoms with Crippen molar-refractivity contribution in [2.24, 2.45) is 5.41 Å². The summed E-state index contributed by atoms with van der Waals surface area (Å²) in [4.78, 5) is 2.58. The smallest absolute Gasteiger partial charge is 0.147 e. The first-order chi connectivity index (χ1) is 9.31. The Kier molecular flexibility index (Phi) is 3.84. The predicted molar refractivity (Wildman–Crippen MR) is 74.7 cm³/mol. The van der Waals surface area contributed by atoms with Crippen LogP contribution in [0.15, 0.2) is 6.33 Å². The quantitative estimate of drug-likeness (QED) is 0.888. The van der Waals surface area contributed by atoms with Gasteiger partial charge in [0, 0.05) is 26.2 Å². The molecule has 1 aromatic rings. The number of hydrogen-bond acceptors (Lipinski definition) is 4. The number of fused-ring (bicyclic) bond motifs is 1. The summed E-state index contributed by atoms with van der Waals surface area (Å²) < 4.78 is 2.18. The maximum Gasteiger partial charge on any atom is 0.147 e. The summed E-state index contributed by atoms with van der Waals surface area (Å²) in [5.74, 6) is 1.13. The van der Waals surface area contributed by atoms with Gasteiger partial charge < -0.3 is 9.88 Å². The van der Waals surface area contributed by atoms with Crippen LogP contribution in [0.1, 0.15) is 38.4 Å². The summed E-state index contributed by atoms with van der Waals surface area (Å²) in [6.45, 7) is 9.04. The average Bonchev–Trinajstić information content (AvgIpc) is 2.87. The van der Waals surface area contributed by atoms with Crippen molar-refractivity contribution < 1.29 is 0 Å². The Bertz CT molecular complexity index is 402. The average molecular weight is 263 g/mol. The molecule has 0 saturated carbocycles. The van der Waals surface area contributed by atoms with Crippen LogP contribution in [0.4, 0.5) is 0 Å². The second kappa shape index (κ2) is 5.59. The number of piperidine rings is 1. The van der Waals surface area contributed by atoms with Crippen molar-refractivity contribution in [2.75, 3.05) is 26.2 Å². The van der Waals surface area contributed by atoms with Crippen LogP contribution < -0.4 is 5.32 Å². The van der Waals surface area contributed by atoms with Crippen molar-refractivity contribution in [1.29, 1.82) is 0 Å². The van der Waals surface area contributed by atoms with E-state index in [4.69, 9.17) is 0 Å². The maximum atomic E-state index is 4.22. The fourth-order valence-corrected chi connectivity index (χ4v) is 3.71. The summed E-state index contributed by atoms with van der Waals surface area (Å²) in [6.07, 6.45) is 7.17. The number of nitrogens with one attached hydrogen (secondary N) is 1. The van der Waals surface area contributed by atoms with Crippen LogP contribution in [0, 0.1) is 5.41 Å². The van der Waals surface area contributed by atoms with Crippen molar-refractivity contribution >= 4 is 0 Å². The fraction of sp³-hybridized carbons (Fsp3) is 0.857. The van der Waals surface area contributed by atoms with E-state index < -0.39 is 0 Å². The van der Waals surface area contributed by atoms with Crippen molar-refractivity contribution in [1.82, 2.24) is 25.0 Å². The fourth-order valence-electron chi connectivity index (χ4n) is 3.71. The summed E-state index contributed by atoms with van der Waals surface area (Å²) in [5, 5.41) is 11.8. The molecular formula is C14H25N5. The second-order valence-electron chi connectivity index (χ2n) is 6.18. The number of rotatable bonds is 4. The molecule has 1 N–H and O–H groups in total. The zero-order valence-corrected chi connectivity index (χ0v) is 11.9. The molecular weight excluding hydrogens is 238 g/mol. The van der Waals surface area contributed by atoms with Crippen molar-refractivity contribution in [3.63, 3.8) is 0 Å². The molecule has 0 amide bonds. The Balaban J connectivity index is 1.66. The monoisotopic (exact) mass is 263 g/mol. The molecule has 0 aromatic carbocycles. The lowest BCUT2D eigenvalue weighted by Gasteiger charge is -2.42. The van der Waals surface area contributed by atoms with Crippen LogP contribution >= 0.6 is 0 Å².